The Morgan fingerprint density at radius 1 is 1.27 bits per heavy atom. The fourth-order valence-electron chi connectivity index (χ4n) is 2.60. The first-order chi connectivity index (χ1) is 12.5. The molecule has 0 aliphatic rings. The average molecular weight is 431 g/mol. The first-order valence-corrected chi connectivity index (χ1v) is 9.40. The molecule has 0 unspecified atom stereocenters. The largest absolute Gasteiger partial charge is 0.348 e. The standard InChI is InChI=1S/C17H15BrN6OS/c1-23(2)17-20-12-9-13(15(25)21-14-7-8-19-22-14)26-16(12)24(17)11-5-3-10(18)4-6-11/h3-9H,1-2H3,(H2,19,21,22,25). The molecular weight excluding hydrogens is 416 g/mol. The number of rotatable bonds is 4. The highest BCUT2D eigenvalue weighted by atomic mass is 79.9. The number of aromatic nitrogens is 4. The zero-order valence-corrected chi connectivity index (χ0v) is 16.4. The van der Waals surface area contributed by atoms with Gasteiger partial charge in [0.2, 0.25) is 5.95 Å². The molecule has 0 radical (unpaired) electrons. The molecule has 26 heavy (non-hydrogen) atoms. The molecular formula is C17H15BrN6OS. The molecule has 0 aliphatic heterocycles. The second-order valence-corrected chi connectivity index (χ2v) is 7.79. The minimum Gasteiger partial charge on any atom is -0.348 e. The molecule has 0 atom stereocenters. The van der Waals surface area contributed by atoms with Crippen LogP contribution in [0.1, 0.15) is 9.67 Å². The molecule has 3 aromatic heterocycles. The van der Waals surface area contributed by atoms with Crippen molar-refractivity contribution >= 4 is 55.3 Å². The highest BCUT2D eigenvalue weighted by Crippen LogP contribution is 2.33. The maximum atomic E-state index is 12.5. The van der Waals surface area contributed by atoms with Crippen LogP contribution in [-0.2, 0) is 0 Å². The lowest BCUT2D eigenvalue weighted by Crippen LogP contribution is -2.14. The van der Waals surface area contributed by atoms with Crippen LogP contribution in [0, 0.1) is 0 Å². The third kappa shape index (κ3) is 2.99. The molecule has 0 bridgehead atoms. The molecule has 3 heterocycles. The van der Waals surface area contributed by atoms with Crippen LogP contribution >= 0.6 is 27.3 Å². The monoisotopic (exact) mass is 430 g/mol. The van der Waals surface area contributed by atoms with E-state index in [1.54, 1.807) is 12.3 Å². The highest BCUT2D eigenvalue weighted by Gasteiger charge is 2.20. The summed E-state index contributed by atoms with van der Waals surface area (Å²) in [7, 11) is 3.90. The van der Waals surface area contributed by atoms with Gasteiger partial charge in [0, 0.05) is 30.3 Å². The fraction of sp³-hybridized carbons (Fsp3) is 0.118. The number of amides is 1. The zero-order chi connectivity index (χ0) is 18.3. The lowest BCUT2D eigenvalue weighted by Gasteiger charge is -2.14. The number of imidazole rings is 1. The predicted octanol–water partition coefficient (Wildman–Crippen LogP) is 3.89. The van der Waals surface area contributed by atoms with E-state index in [2.05, 4.69) is 36.0 Å². The van der Waals surface area contributed by atoms with Gasteiger partial charge < -0.3 is 10.2 Å². The summed E-state index contributed by atoms with van der Waals surface area (Å²) in [5.74, 6) is 1.19. The van der Waals surface area contributed by atoms with Gasteiger partial charge in [0.25, 0.3) is 5.91 Å². The summed E-state index contributed by atoms with van der Waals surface area (Å²) in [6.07, 6.45) is 1.59. The average Bonchev–Trinajstić information content (AvgIpc) is 3.30. The summed E-state index contributed by atoms with van der Waals surface area (Å²) in [5.41, 5.74) is 1.78. The molecule has 0 aliphatic carbocycles. The number of aromatic amines is 1. The topological polar surface area (TPSA) is 78.8 Å². The quantitative estimate of drug-likeness (QED) is 0.514. The van der Waals surface area contributed by atoms with E-state index in [1.807, 2.05) is 49.3 Å². The van der Waals surface area contributed by atoms with E-state index in [9.17, 15) is 4.79 Å². The van der Waals surface area contributed by atoms with Crippen molar-refractivity contribution in [1.82, 2.24) is 19.7 Å². The van der Waals surface area contributed by atoms with Gasteiger partial charge in [0.1, 0.15) is 16.2 Å². The number of hydrogen-bond acceptors (Lipinski definition) is 5. The van der Waals surface area contributed by atoms with Gasteiger partial charge >= 0.3 is 0 Å². The Balaban J connectivity index is 1.78. The summed E-state index contributed by atoms with van der Waals surface area (Å²) in [6, 6.07) is 11.5. The van der Waals surface area contributed by atoms with Crippen molar-refractivity contribution < 1.29 is 4.79 Å². The van der Waals surface area contributed by atoms with Gasteiger partial charge in [0.15, 0.2) is 0 Å². The summed E-state index contributed by atoms with van der Waals surface area (Å²) >= 11 is 4.87. The Morgan fingerprint density at radius 3 is 2.69 bits per heavy atom. The van der Waals surface area contributed by atoms with Gasteiger partial charge in [-0.15, -0.1) is 11.3 Å². The summed E-state index contributed by atoms with van der Waals surface area (Å²) in [6.45, 7) is 0. The van der Waals surface area contributed by atoms with Crippen molar-refractivity contribution in [1.29, 1.82) is 0 Å². The number of carbonyl (C=O) groups excluding carboxylic acids is 1. The van der Waals surface area contributed by atoms with E-state index >= 15 is 0 Å². The highest BCUT2D eigenvalue weighted by molar-refractivity contribution is 9.10. The number of carbonyl (C=O) groups is 1. The molecule has 4 rings (SSSR count). The Bertz CT molecular complexity index is 1070. The van der Waals surface area contributed by atoms with Crippen LogP contribution in [0.5, 0.6) is 0 Å². The Labute approximate surface area is 161 Å². The number of halogens is 1. The second kappa shape index (κ2) is 6.58. The lowest BCUT2D eigenvalue weighted by atomic mass is 10.3. The van der Waals surface area contributed by atoms with E-state index in [4.69, 9.17) is 4.98 Å². The molecule has 0 spiro atoms. The van der Waals surface area contributed by atoms with Crippen LogP contribution in [0.4, 0.5) is 11.8 Å². The number of benzene rings is 1. The SMILES string of the molecule is CN(C)c1nc2cc(C(=O)Nc3ccn[nH]3)sc2n1-c1ccc(Br)cc1. The molecule has 2 N–H and O–H groups in total. The molecule has 1 aromatic carbocycles. The Morgan fingerprint density at radius 2 is 2.04 bits per heavy atom. The van der Waals surface area contributed by atoms with E-state index in [1.165, 1.54) is 11.3 Å². The van der Waals surface area contributed by atoms with Gasteiger partial charge in [-0.2, -0.15) is 5.10 Å². The maximum Gasteiger partial charge on any atom is 0.267 e. The van der Waals surface area contributed by atoms with Crippen LogP contribution < -0.4 is 10.2 Å². The van der Waals surface area contributed by atoms with E-state index in [0.717, 1.165) is 26.5 Å². The van der Waals surface area contributed by atoms with E-state index in [0.29, 0.717) is 10.7 Å². The number of nitrogens with one attached hydrogen (secondary N) is 2. The minimum absolute atomic E-state index is 0.189. The normalized spacial score (nSPS) is 11.0. The zero-order valence-electron chi connectivity index (χ0n) is 14.0. The molecule has 132 valence electrons. The Kier molecular flexibility index (Phi) is 4.25. The third-order valence-electron chi connectivity index (χ3n) is 3.77. The van der Waals surface area contributed by atoms with Gasteiger partial charge in [-0.05, 0) is 30.3 Å². The number of fused-ring (bicyclic) bond motifs is 1. The predicted molar refractivity (Wildman–Crippen MR) is 108 cm³/mol. The lowest BCUT2D eigenvalue weighted by molar-refractivity contribution is 0.103. The van der Waals surface area contributed by atoms with Crippen molar-refractivity contribution in [3.63, 3.8) is 0 Å². The number of H-pyrrole nitrogens is 1. The van der Waals surface area contributed by atoms with Gasteiger partial charge in [-0.3, -0.25) is 14.5 Å². The fourth-order valence-corrected chi connectivity index (χ4v) is 3.88. The number of thiophene rings is 1. The van der Waals surface area contributed by atoms with Crippen LogP contribution in [0.15, 0.2) is 47.1 Å². The van der Waals surface area contributed by atoms with Crippen LogP contribution in [0.3, 0.4) is 0 Å². The molecule has 9 heteroatoms. The molecule has 0 fully saturated rings. The van der Waals surface area contributed by atoms with Crippen LogP contribution in [0.25, 0.3) is 16.0 Å². The summed E-state index contributed by atoms with van der Waals surface area (Å²) in [4.78, 5) is 20.7. The van der Waals surface area contributed by atoms with Crippen molar-refractivity contribution in [2.45, 2.75) is 0 Å². The van der Waals surface area contributed by atoms with Crippen molar-refractivity contribution in [2.24, 2.45) is 0 Å². The smallest absolute Gasteiger partial charge is 0.267 e. The second-order valence-electron chi connectivity index (χ2n) is 5.84. The molecule has 7 nitrogen and oxygen atoms in total. The van der Waals surface area contributed by atoms with Crippen LogP contribution in [0.2, 0.25) is 0 Å². The maximum absolute atomic E-state index is 12.5. The van der Waals surface area contributed by atoms with Gasteiger partial charge in [0.05, 0.1) is 11.1 Å². The molecule has 0 saturated carbocycles. The van der Waals surface area contributed by atoms with Crippen molar-refractivity contribution in [2.75, 3.05) is 24.3 Å². The third-order valence-corrected chi connectivity index (χ3v) is 5.41. The molecule has 4 aromatic rings. The van der Waals surface area contributed by atoms with E-state index in [-0.39, 0.29) is 5.91 Å². The first kappa shape index (κ1) is 16.8. The molecule has 1 amide bonds. The number of hydrogen-bond donors (Lipinski definition) is 2. The van der Waals surface area contributed by atoms with Crippen LogP contribution in [-0.4, -0.2) is 39.8 Å². The number of nitrogens with zero attached hydrogens (tertiary/aromatic N) is 4. The van der Waals surface area contributed by atoms with Crippen molar-refractivity contribution in [3.05, 3.63) is 51.9 Å². The summed E-state index contributed by atoms with van der Waals surface area (Å²) in [5, 5.41) is 9.35. The van der Waals surface area contributed by atoms with Gasteiger partial charge in [-0.25, -0.2) is 4.98 Å². The minimum atomic E-state index is -0.189. The Hall–Kier alpha value is -2.65. The van der Waals surface area contributed by atoms with Crippen molar-refractivity contribution in [3.8, 4) is 5.69 Å². The summed E-state index contributed by atoms with van der Waals surface area (Å²) < 4.78 is 3.06. The van der Waals surface area contributed by atoms with E-state index < -0.39 is 0 Å². The number of anilines is 2. The first-order valence-electron chi connectivity index (χ1n) is 7.79. The molecule has 0 saturated heterocycles. The van der Waals surface area contributed by atoms with Gasteiger partial charge in [-0.1, -0.05) is 15.9 Å².